The van der Waals surface area contributed by atoms with Crippen LogP contribution in [0.2, 0.25) is 0 Å². The second-order valence-electron chi connectivity index (χ2n) is 6.42. The van der Waals surface area contributed by atoms with E-state index in [2.05, 4.69) is 11.0 Å². The lowest BCUT2D eigenvalue weighted by Crippen LogP contribution is -2.48. The Labute approximate surface area is 167 Å². The Morgan fingerprint density at radius 3 is 2.50 bits per heavy atom. The van der Waals surface area contributed by atoms with Gasteiger partial charge in [-0.15, -0.1) is 11.3 Å². The summed E-state index contributed by atoms with van der Waals surface area (Å²) in [6.45, 7) is 4.91. The third-order valence-corrected chi connectivity index (χ3v) is 5.71. The predicted octanol–water partition coefficient (Wildman–Crippen LogP) is 2.34. The van der Waals surface area contributed by atoms with Crippen LogP contribution in [0, 0.1) is 11.3 Å². The molecule has 2 N–H and O–H groups in total. The quantitative estimate of drug-likeness (QED) is 0.776. The Kier molecular flexibility index (Phi) is 6.29. The van der Waals surface area contributed by atoms with Crippen molar-refractivity contribution >= 4 is 28.2 Å². The Morgan fingerprint density at radius 2 is 1.89 bits per heavy atom. The Bertz CT molecular complexity index is 896. The van der Waals surface area contributed by atoms with Gasteiger partial charge in [-0.25, -0.2) is 4.79 Å². The molecule has 1 aromatic carbocycles. The summed E-state index contributed by atoms with van der Waals surface area (Å²) in [6, 6.07) is 11.3. The molecule has 0 radical (unpaired) electrons. The maximum atomic E-state index is 12.6. The largest absolute Gasteiger partial charge is 0.462 e. The van der Waals surface area contributed by atoms with E-state index in [4.69, 9.17) is 10.5 Å². The van der Waals surface area contributed by atoms with E-state index in [1.807, 2.05) is 35.2 Å². The minimum Gasteiger partial charge on any atom is -0.462 e. The van der Waals surface area contributed by atoms with Crippen LogP contribution in [0.4, 0.5) is 5.00 Å². The SMILES string of the molecule is CCOC(=O)c1sc(N)c(C#N)c1CN1CCN(C(=O)c2ccccc2)CC1. The van der Waals surface area contributed by atoms with Crippen molar-refractivity contribution in [3.63, 3.8) is 0 Å². The number of esters is 1. The number of nitrogens with two attached hydrogens (primary N) is 1. The van der Waals surface area contributed by atoms with E-state index in [0.717, 1.165) is 11.3 Å². The number of nitrogen functional groups attached to an aromatic ring is 1. The molecule has 1 saturated heterocycles. The van der Waals surface area contributed by atoms with Gasteiger partial charge < -0.3 is 15.4 Å². The highest BCUT2D eigenvalue weighted by Gasteiger charge is 2.27. The summed E-state index contributed by atoms with van der Waals surface area (Å²) in [5.74, 6) is -0.432. The molecular weight excluding hydrogens is 376 g/mol. The fourth-order valence-corrected chi connectivity index (χ4v) is 4.14. The van der Waals surface area contributed by atoms with Crippen LogP contribution in [0.15, 0.2) is 30.3 Å². The number of hydrogen-bond acceptors (Lipinski definition) is 7. The average Bonchev–Trinajstić information content (AvgIpc) is 3.04. The lowest BCUT2D eigenvalue weighted by molar-refractivity contribution is 0.0529. The first-order valence-corrected chi connectivity index (χ1v) is 9.91. The first-order valence-electron chi connectivity index (χ1n) is 9.10. The van der Waals surface area contributed by atoms with Crippen LogP contribution in [0.3, 0.4) is 0 Å². The first-order chi connectivity index (χ1) is 13.5. The fraction of sp³-hybridized carbons (Fsp3) is 0.350. The number of carbonyl (C=O) groups is 2. The van der Waals surface area contributed by atoms with Crippen LogP contribution >= 0.6 is 11.3 Å². The number of amides is 1. The zero-order valence-electron chi connectivity index (χ0n) is 15.7. The lowest BCUT2D eigenvalue weighted by atomic mass is 10.1. The molecule has 7 nitrogen and oxygen atoms in total. The summed E-state index contributed by atoms with van der Waals surface area (Å²) < 4.78 is 5.10. The third-order valence-electron chi connectivity index (χ3n) is 4.67. The fourth-order valence-electron chi connectivity index (χ4n) is 3.22. The van der Waals surface area contributed by atoms with E-state index >= 15 is 0 Å². The van der Waals surface area contributed by atoms with Crippen LogP contribution in [0.1, 0.15) is 38.1 Å². The molecular formula is C20H22N4O3S. The van der Waals surface area contributed by atoms with Crippen molar-refractivity contribution < 1.29 is 14.3 Å². The first kappa shape index (κ1) is 19.9. The zero-order chi connectivity index (χ0) is 20.1. The smallest absolute Gasteiger partial charge is 0.348 e. The number of nitriles is 1. The van der Waals surface area contributed by atoms with E-state index in [0.29, 0.717) is 59.3 Å². The van der Waals surface area contributed by atoms with E-state index in [1.54, 1.807) is 6.92 Å². The molecule has 8 heteroatoms. The number of thiophene rings is 1. The molecule has 0 unspecified atom stereocenters. The van der Waals surface area contributed by atoms with Crippen LogP contribution in [0.5, 0.6) is 0 Å². The van der Waals surface area contributed by atoms with Crippen molar-refractivity contribution in [3.8, 4) is 6.07 Å². The van der Waals surface area contributed by atoms with Gasteiger partial charge in [0.15, 0.2) is 0 Å². The molecule has 0 bridgehead atoms. The Balaban J connectivity index is 1.69. The topological polar surface area (TPSA) is 99.7 Å². The number of rotatable bonds is 5. The van der Waals surface area contributed by atoms with Crippen LogP contribution in [-0.4, -0.2) is 54.5 Å². The molecule has 28 heavy (non-hydrogen) atoms. The summed E-state index contributed by atoms with van der Waals surface area (Å²) in [4.78, 5) is 29.1. The molecule has 1 aliphatic heterocycles. The number of ether oxygens (including phenoxy) is 1. The molecule has 0 spiro atoms. The molecule has 2 aromatic rings. The van der Waals surface area contributed by atoms with E-state index in [-0.39, 0.29) is 12.5 Å². The molecule has 3 rings (SSSR count). The van der Waals surface area contributed by atoms with Crippen molar-refractivity contribution in [1.29, 1.82) is 5.26 Å². The van der Waals surface area contributed by atoms with Crippen LogP contribution in [-0.2, 0) is 11.3 Å². The van der Waals surface area contributed by atoms with Gasteiger partial charge in [-0.2, -0.15) is 5.26 Å². The van der Waals surface area contributed by atoms with Crippen molar-refractivity contribution in [2.75, 3.05) is 38.5 Å². The summed E-state index contributed by atoms with van der Waals surface area (Å²) in [6.07, 6.45) is 0. The molecule has 146 valence electrons. The second kappa shape index (κ2) is 8.87. The molecule has 0 saturated carbocycles. The summed E-state index contributed by atoms with van der Waals surface area (Å²) in [7, 11) is 0. The van der Waals surface area contributed by atoms with Crippen molar-refractivity contribution in [3.05, 3.63) is 51.9 Å². The number of nitrogens with zero attached hydrogens (tertiary/aromatic N) is 3. The van der Waals surface area contributed by atoms with Gasteiger partial charge in [0.2, 0.25) is 0 Å². The average molecular weight is 398 g/mol. The number of hydrogen-bond donors (Lipinski definition) is 1. The van der Waals surface area contributed by atoms with E-state index in [1.165, 1.54) is 0 Å². The van der Waals surface area contributed by atoms with Gasteiger partial charge in [-0.3, -0.25) is 9.69 Å². The highest BCUT2D eigenvalue weighted by atomic mass is 32.1. The highest BCUT2D eigenvalue weighted by molar-refractivity contribution is 7.18. The van der Waals surface area contributed by atoms with Crippen LogP contribution < -0.4 is 5.73 Å². The molecule has 1 aromatic heterocycles. The van der Waals surface area contributed by atoms with Crippen molar-refractivity contribution in [2.45, 2.75) is 13.5 Å². The summed E-state index contributed by atoms with van der Waals surface area (Å²) in [5, 5.41) is 9.78. The van der Waals surface area contributed by atoms with E-state index in [9.17, 15) is 14.9 Å². The number of benzene rings is 1. The Hall–Kier alpha value is -2.89. The van der Waals surface area contributed by atoms with Gasteiger partial charge >= 0.3 is 5.97 Å². The van der Waals surface area contributed by atoms with Crippen LogP contribution in [0.25, 0.3) is 0 Å². The third kappa shape index (κ3) is 4.16. The maximum absolute atomic E-state index is 12.6. The van der Waals surface area contributed by atoms with Gasteiger partial charge in [-0.1, -0.05) is 18.2 Å². The molecule has 0 aliphatic carbocycles. The molecule has 1 fully saturated rings. The monoisotopic (exact) mass is 398 g/mol. The lowest BCUT2D eigenvalue weighted by Gasteiger charge is -2.34. The van der Waals surface area contributed by atoms with Gasteiger partial charge in [0.25, 0.3) is 5.91 Å². The number of carbonyl (C=O) groups excluding carboxylic acids is 2. The molecule has 1 aliphatic rings. The standard InChI is InChI=1S/C20H22N4O3S/c1-2-27-20(26)17-16(15(12-21)18(22)28-17)13-23-8-10-24(11-9-23)19(25)14-6-4-3-5-7-14/h3-7H,2,8-11,13,22H2,1H3. The minimum absolute atomic E-state index is 0.0185. The highest BCUT2D eigenvalue weighted by Crippen LogP contribution is 2.32. The summed E-state index contributed by atoms with van der Waals surface area (Å²) >= 11 is 1.09. The summed E-state index contributed by atoms with van der Waals surface area (Å²) in [5.41, 5.74) is 7.57. The normalized spacial score (nSPS) is 14.5. The minimum atomic E-state index is -0.450. The number of piperazine rings is 1. The van der Waals surface area contributed by atoms with Gasteiger partial charge in [0, 0.05) is 43.9 Å². The van der Waals surface area contributed by atoms with Gasteiger partial charge in [0.1, 0.15) is 15.9 Å². The van der Waals surface area contributed by atoms with Gasteiger partial charge in [0.05, 0.1) is 12.2 Å². The van der Waals surface area contributed by atoms with Crippen molar-refractivity contribution in [1.82, 2.24) is 9.80 Å². The second-order valence-corrected chi connectivity index (χ2v) is 7.47. The predicted molar refractivity (Wildman–Crippen MR) is 107 cm³/mol. The van der Waals surface area contributed by atoms with Gasteiger partial charge in [-0.05, 0) is 19.1 Å². The number of anilines is 1. The van der Waals surface area contributed by atoms with Crippen molar-refractivity contribution in [2.24, 2.45) is 0 Å². The molecule has 2 heterocycles. The molecule has 1 amide bonds. The van der Waals surface area contributed by atoms with E-state index < -0.39 is 5.97 Å². The maximum Gasteiger partial charge on any atom is 0.348 e. The zero-order valence-corrected chi connectivity index (χ0v) is 16.5. The Morgan fingerprint density at radius 1 is 1.21 bits per heavy atom. The molecule has 0 atom stereocenters.